The van der Waals surface area contributed by atoms with Gasteiger partial charge in [0.15, 0.2) is 4.34 Å². The fourth-order valence-electron chi connectivity index (χ4n) is 2.25. The van der Waals surface area contributed by atoms with E-state index in [1.54, 1.807) is 11.8 Å². The van der Waals surface area contributed by atoms with Gasteiger partial charge in [0.1, 0.15) is 5.82 Å². The van der Waals surface area contributed by atoms with Crippen molar-refractivity contribution in [2.75, 3.05) is 10.6 Å². The summed E-state index contributed by atoms with van der Waals surface area (Å²) in [7, 11) is 0. The summed E-state index contributed by atoms with van der Waals surface area (Å²) in [5.74, 6) is -0.344. The number of anilines is 2. The van der Waals surface area contributed by atoms with Crippen molar-refractivity contribution in [3.05, 3.63) is 30.1 Å². The molecule has 0 saturated heterocycles. The van der Waals surface area contributed by atoms with Gasteiger partial charge in [0.05, 0.1) is 0 Å². The maximum Gasteiger partial charge on any atom is 0.325 e. The minimum absolute atomic E-state index is 0.344. The third-order valence-electron chi connectivity index (χ3n) is 3.30. The first kappa shape index (κ1) is 15.2. The fourth-order valence-corrected chi connectivity index (χ4v) is 4.50. The van der Waals surface area contributed by atoms with E-state index in [-0.39, 0.29) is 5.82 Å². The molecule has 1 aromatic carbocycles. The Labute approximate surface area is 135 Å². The van der Waals surface area contributed by atoms with Crippen molar-refractivity contribution in [2.45, 2.75) is 35.3 Å². The van der Waals surface area contributed by atoms with E-state index in [1.807, 2.05) is 0 Å². The van der Waals surface area contributed by atoms with Gasteiger partial charge in [-0.25, -0.2) is 9.18 Å². The van der Waals surface area contributed by atoms with Crippen LogP contribution in [0.4, 0.5) is 20.0 Å². The molecule has 1 heterocycles. The molecule has 2 aromatic rings. The molecule has 116 valence electrons. The molecular formula is C14H15FN4OS2. The molecule has 1 aliphatic carbocycles. The summed E-state index contributed by atoms with van der Waals surface area (Å²) in [5, 5.41) is 14.4. The quantitative estimate of drug-likeness (QED) is 0.813. The lowest BCUT2D eigenvalue weighted by Crippen LogP contribution is -2.19. The van der Waals surface area contributed by atoms with E-state index in [2.05, 4.69) is 20.8 Å². The number of benzene rings is 1. The topological polar surface area (TPSA) is 66.9 Å². The number of nitrogens with zero attached hydrogens (tertiary/aromatic N) is 2. The number of hydrogen-bond acceptors (Lipinski definition) is 5. The first-order chi connectivity index (χ1) is 10.7. The van der Waals surface area contributed by atoms with E-state index in [0.717, 1.165) is 4.34 Å². The highest BCUT2D eigenvalue weighted by Crippen LogP contribution is 2.36. The van der Waals surface area contributed by atoms with Crippen LogP contribution in [0, 0.1) is 5.82 Å². The van der Waals surface area contributed by atoms with Crippen molar-refractivity contribution in [1.82, 2.24) is 10.2 Å². The SMILES string of the molecule is O=C(Nc1ccc(F)cc1)Nc1nnc(SC2CCCC2)s1. The van der Waals surface area contributed by atoms with E-state index in [0.29, 0.717) is 16.1 Å². The van der Waals surface area contributed by atoms with Crippen LogP contribution in [0.2, 0.25) is 0 Å². The molecule has 0 spiro atoms. The molecule has 2 N–H and O–H groups in total. The Morgan fingerprint density at radius 3 is 2.64 bits per heavy atom. The van der Waals surface area contributed by atoms with Crippen LogP contribution < -0.4 is 10.6 Å². The van der Waals surface area contributed by atoms with Crippen molar-refractivity contribution in [3.8, 4) is 0 Å². The predicted octanol–water partition coefficient (Wildman–Crippen LogP) is 4.36. The van der Waals surface area contributed by atoms with Crippen molar-refractivity contribution in [3.63, 3.8) is 0 Å². The second-order valence-electron chi connectivity index (χ2n) is 4.98. The average Bonchev–Trinajstić information content (AvgIpc) is 3.14. The van der Waals surface area contributed by atoms with Gasteiger partial charge in [0.2, 0.25) is 5.13 Å². The number of rotatable bonds is 4. The van der Waals surface area contributed by atoms with Crippen LogP contribution in [-0.2, 0) is 0 Å². The van der Waals surface area contributed by atoms with Crippen LogP contribution in [0.15, 0.2) is 28.6 Å². The molecule has 0 atom stereocenters. The van der Waals surface area contributed by atoms with Crippen molar-refractivity contribution in [1.29, 1.82) is 0 Å². The summed E-state index contributed by atoms with van der Waals surface area (Å²) < 4.78 is 13.7. The van der Waals surface area contributed by atoms with Crippen LogP contribution in [0.1, 0.15) is 25.7 Å². The summed E-state index contributed by atoms with van der Waals surface area (Å²) in [6, 6.07) is 5.15. The minimum atomic E-state index is -0.417. The summed E-state index contributed by atoms with van der Waals surface area (Å²) >= 11 is 3.11. The second-order valence-corrected chi connectivity index (χ2v) is 7.51. The Morgan fingerprint density at radius 1 is 1.18 bits per heavy atom. The number of carbonyl (C=O) groups is 1. The minimum Gasteiger partial charge on any atom is -0.308 e. The molecule has 2 amide bonds. The number of carbonyl (C=O) groups excluding carboxylic acids is 1. The number of amides is 2. The van der Waals surface area contributed by atoms with Crippen molar-refractivity contribution < 1.29 is 9.18 Å². The highest BCUT2D eigenvalue weighted by atomic mass is 32.2. The Balaban J connectivity index is 1.52. The monoisotopic (exact) mass is 338 g/mol. The maximum atomic E-state index is 12.8. The third-order valence-corrected chi connectivity index (χ3v) is 5.56. The van der Waals surface area contributed by atoms with Gasteiger partial charge in [0.25, 0.3) is 0 Å². The standard InChI is InChI=1S/C14H15FN4OS2/c15-9-5-7-10(8-6-9)16-12(20)17-13-18-19-14(22-13)21-11-3-1-2-4-11/h5-8,11H,1-4H2,(H2,16,17,18,20). The summed E-state index contributed by atoms with van der Waals surface area (Å²) in [6.07, 6.45) is 5.00. The van der Waals surface area contributed by atoms with Crippen molar-refractivity contribution in [2.24, 2.45) is 0 Å². The molecule has 0 aliphatic heterocycles. The van der Waals surface area contributed by atoms with Gasteiger partial charge in [-0.2, -0.15) is 0 Å². The smallest absolute Gasteiger partial charge is 0.308 e. The number of thioether (sulfide) groups is 1. The van der Waals surface area contributed by atoms with E-state index in [4.69, 9.17) is 0 Å². The molecule has 5 nitrogen and oxygen atoms in total. The lowest BCUT2D eigenvalue weighted by Gasteiger charge is -2.04. The fraction of sp³-hybridized carbons (Fsp3) is 0.357. The zero-order valence-electron chi connectivity index (χ0n) is 11.7. The van der Waals surface area contributed by atoms with Crippen molar-refractivity contribution >= 4 is 39.9 Å². The van der Waals surface area contributed by atoms with Gasteiger partial charge in [-0.1, -0.05) is 35.9 Å². The molecule has 8 heteroatoms. The zero-order chi connectivity index (χ0) is 15.4. The second kappa shape index (κ2) is 7.06. The molecule has 0 radical (unpaired) electrons. The van der Waals surface area contributed by atoms with Crippen LogP contribution in [0.25, 0.3) is 0 Å². The van der Waals surface area contributed by atoms with Gasteiger partial charge < -0.3 is 5.32 Å². The molecule has 1 saturated carbocycles. The van der Waals surface area contributed by atoms with Gasteiger partial charge in [-0.05, 0) is 37.1 Å². The third kappa shape index (κ3) is 4.17. The summed E-state index contributed by atoms with van der Waals surface area (Å²) in [5.41, 5.74) is 0.518. The van der Waals surface area contributed by atoms with E-state index < -0.39 is 6.03 Å². The lowest BCUT2D eigenvalue weighted by molar-refractivity contribution is 0.262. The number of hydrogen-bond donors (Lipinski definition) is 2. The maximum absolute atomic E-state index is 12.8. The highest BCUT2D eigenvalue weighted by Gasteiger charge is 2.18. The molecule has 3 rings (SSSR count). The Morgan fingerprint density at radius 2 is 1.91 bits per heavy atom. The first-order valence-electron chi connectivity index (χ1n) is 7.03. The number of halogens is 1. The molecule has 1 aliphatic rings. The van der Waals surface area contributed by atoms with Gasteiger partial charge in [-0.15, -0.1) is 10.2 Å². The molecule has 1 fully saturated rings. The van der Waals surface area contributed by atoms with Crippen LogP contribution in [-0.4, -0.2) is 21.5 Å². The predicted molar refractivity (Wildman–Crippen MR) is 87.1 cm³/mol. The van der Waals surface area contributed by atoms with E-state index in [9.17, 15) is 9.18 Å². The average molecular weight is 338 g/mol. The van der Waals surface area contributed by atoms with E-state index >= 15 is 0 Å². The highest BCUT2D eigenvalue weighted by molar-refractivity contribution is 8.01. The lowest BCUT2D eigenvalue weighted by atomic mass is 10.3. The normalized spacial score (nSPS) is 15.0. The number of urea groups is 1. The summed E-state index contributed by atoms with van der Waals surface area (Å²) in [4.78, 5) is 11.8. The van der Waals surface area contributed by atoms with Crippen LogP contribution >= 0.6 is 23.1 Å². The molecule has 22 heavy (non-hydrogen) atoms. The van der Waals surface area contributed by atoms with Crippen LogP contribution in [0.5, 0.6) is 0 Å². The Kier molecular flexibility index (Phi) is 4.89. The van der Waals surface area contributed by atoms with E-state index in [1.165, 1.54) is 61.3 Å². The molecule has 0 bridgehead atoms. The molecule has 1 aromatic heterocycles. The first-order valence-corrected chi connectivity index (χ1v) is 8.72. The van der Waals surface area contributed by atoms with Gasteiger partial charge in [0, 0.05) is 10.9 Å². The zero-order valence-corrected chi connectivity index (χ0v) is 13.3. The van der Waals surface area contributed by atoms with Gasteiger partial charge >= 0.3 is 6.03 Å². The van der Waals surface area contributed by atoms with Crippen LogP contribution in [0.3, 0.4) is 0 Å². The summed E-state index contributed by atoms with van der Waals surface area (Å²) in [6.45, 7) is 0. The largest absolute Gasteiger partial charge is 0.325 e. The Hall–Kier alpha value is -1.67. The van der Waals surface area contributed by atoms with Gasteiger partial charge in [-0.3, -0.25) is 5.32 Å². The number of aromatic nitrogens is 2. The molecule has 0 unspecified atom stereocenters. The number of nitrogens with one attached hydrogen (secondary N) is 2. The Bertz CT molecular complexity index is 641. The molecular weight excluding hydrogens is 323 g/mol.